The van der Waals surface area contributed by atoms with Crippen LogP contribution in [0.15, 0.2) is 17.5 Å². The lowest BCUT2D eigenvalue weighted by Crippen LogP contribution is -2.14. The monoisotopic (exact) mass is 332 g/mol. The van der Waals surface area contributed by atoms with Gasteiger partial charge in [0, 0.05) is 12.3 Å². The zero-order valence-corrected chi connectivity index (χ0v) is 13.0. The first-order chi connectivity index (χ1) is 9.04. The number of aromatic nitrogens is 1. The molecule has 0 bridgehead atoms. The molecule has 0 saturated carbocycles. The number of anilines is 1. The van der Waals surface area contributed by atoms with E-state index in [1.54, 1.807) is 0 Å². The lowest BCUT2D eigenvalue weighted by molar-refractivity contribution is -0.114. The molecule has 0 aromatic carbocycles. The number of amides is 1. The molecule has 1 N–H and O–H groups in total. The van der Waals surface area contributed by atoms with Gasteiger partial charge >= 0.3 is 0 Å². The highest BCUT2D eigenvalue weighted by atomic mass is 35.5. The molecule has 0 aliphatic heterocycles. The summed E-state index contributed by atoms with van der Waals surface area (Å²) in [7, 11) is 0. The van der Waals surface area contributed by atoms with Crippen molar-refractivity contribution >= 4 is 62.2 Å². The maximum Gasteiger partial charge on any atom is 0.236 e. The largest absolute Gasteiger partial charge is 0.301 e. The van der Waals surface area contributed by atoms with Gasteiger partial charge in [0.2, 0.25) is 5.91 Å². The van der Waals surface area contributed by atoms with Crippen molar-refractivity contribution < 1.29 is 9.59 Å². The molecule has 0 spiro atoms. The summed E-state index contributed by atoms with van der Waals surface area (Å²) in [5.41, 5.74) is 0.788. The van der Waals surface area contributed by atoms with Crippen LogP contribution in [0.25, 0.3) is 10.6 Å². The summed E-state index contributed by atoms with van der Waals surface area (Å²) in [6.45, 7) is 1.43. The summed E-state index contributed by atoms with van der Waals surface area (Å²) in [5, 5.41) is 4.96. The van der Waals surface area contributed by atoms with Crippen LogP contribution in [0, 0.1) is 0 Å². The molecule has 8 heteroatoms. The number of halogens is 1. The highest BCUT2D eigenvalue weighted by molar-refractivity contribution is 8.14. The number of thiophene rings is 1. The van der Waals surface area contributed by atoms with E-state index >= 15 is 0 Å². The second-order valence-electron chi connectivity index (χ2n) is 3.47. The number of thioether (sulfide) groups is 1. The summed E-state index contributed by atoms with van der Waals surface area (Å²) in [6.07, 6.45) is 0. The molecular formula is C11H9ClN2O2S3. The molecule has 100 valence electrons. The Bertz CT molecular complexity index is 609. The average Bonchev–Trinajstić information content (AvgIpc) is 2.95. The van der Waals surface area contributed by atoms with Crippen LogP contribution < -0.4 is 5.32 Å². The van der Waals surface area contributed by atoms with Crippen molar-refractivity contribution in [1.82, 2.24) is 4.98 Å². The van der Waals surface area contributed by atoms with Crippen LogP contribution in [0.5, 0.6) is 0 Å². The minimum atomic E-state index is -0.231. The van der Waals surface area contributed by atoms with E-state index in [1.807, 2.05) is 17.5 Å². The molecule has 0 fully saturated rings. The summed E-state index contributed by atoms with van der Waals surface area (Å²) in [5.74, 6) is -0.125. The van der Waals surface area contributed by atoms with Gasteiger partial charge in [0.25, 0.3) is 0 Å². The molecule has 19 heavy (non-hydrogen) atoms. The Kier molecular flexibility index (Phi) is 4.98. The van der Waals surface area contributed by atoms with E-state index in [-0.39, 0.29) is 16.8 Å². The van der Waals surface area contributed by atoms with Crippen molar-refractivity contribution in [1.29, 1.82) is 0 Å². The maximum absolute atomic E-state index is 11.5. The first kappa shape index (κ1) is 14.5. The molecule has 0 unspecified atom stereocenters. The highest BCUT2D eigenvalue weighted by Crippen LogP contribution is 2.32. The molecule has 2 aromatic rings. The van der Waals surface area contributed by atoms with Crippen LogP contribution in [-0.4, -0.2) is 21.8 Å². The van der Waals surface area contributed by atoms with Gasteiger partial charge in [-0.2, -0.15) is 0 Å². The third kappa shape index (κ3) is 4.31. The Morgan fingerprint density at radius 3 is 2.89 bits per heavy atom. The van der Waals surface area contributed by atoms with Crippen molar-refractivity contribution in [2.45, 2.75) is 6.92 Å². The van der Waals surface area contributed by atoms with Crippen molar-refractivity contribution in [3.8, 4) is 10.6 Å². The number of hydrogen-bond donors (Lipinski definition) is 1. The molecule has 2 aromatic heterocycles. The number of carbonyl (C=O) groups is 2. The molecule has 1 amide bonds. The Morgan fingerprint density at radius 2 is 2.26 bits per heavy atom. The molecule has 0 aliphatic carbocycles. The first-order valence-corrected chi connectivity index (χ1v) is 8.25. The zero-order chi connectivity index (χ0) is 13.8. The molecule has 4 nitrogen and oxygen atoms in total. The van der Waals surface area contributed by atoms with Crippen LogP contribution in [0.3, 0.4) is 0 Å². The molecule has 0 atom stereocenters. The summed E-state index contributed by atoms with van der Waals surface area (Å²) < 4.78 is 0.700. The maximum atomic E-state index is 11.5. The number of nitrogens with zero attached hydrogens (tertiary/aromatic N) is 1. The number of hydrogen-bond acceptors (Lipinski definition) is 6. The van der Waals surface area contributed by atoms with Gasteiger partial charge in [0.1, 0.15) is 0 Å². The second-order valence-corrected chi connectivity index (χ2v) is 7.20. The van der Waals surface area contributed by atoms with E-state index in [1.165, 1.54) is 29.6 Å². The second kappa shape index (κ2) is 6.51. The summed E-state index contributed by atoms with van der Waals surface area (Å²) in [6, 6.07) is 3.70. The van der Waals surface area contributed by atoms with Crippen LogP contribution in [0.2, 0.25) is 4.34 Å². The number of nitrogens with one attached hydrogen (secondary N) is 1. The molecule has 0 aliphatic rings. The fraction of sp³-hybridized carbons (Fsp3) is 0.182. The van der Waals surface area contributed by atoms with E-state index in [4.69, 9.17) is 11.6 Å². The van der Waals surface area contributed by atoms with Gasteiger partial charge in [-0.3, -0.25) is 9.59 Å². The van der Waals surface area contributed by atoms with E-state index in [2.05, 4.69) is 10.3 Å². The van der Waals surface area contributed by atoms with E-state index in [0.717, 1.165) is 22.3 Å². The lowest BCUT2D eigenvalue weighted by atomic mass is 10.4. The van der Waals surface area contributed by atoms with Crippen LogP contribution in [0.4, 0.5) is 5.13 Å². The van der Waals surface area contributed by atoms with Crippen LogP contribution in [-0.2, 0) is 9.59 Å². The van der Waals surface area contributed by atoms with Gasteiger partial charge in [-0.05, 0) is 12.1 Å². The normalized spacial score (nSPS) is 10.4. The quantitative estimate of drug-likeness (QED) is 0.926. The minimum absolute atomic E-state index is 0.0804. The SMILES string of the molecule is CC(=O)SCC(=O)Nc1nc(-c2ccc(Cl)s2)cs1. The molecule has 2 rings (SSSR count). The average molecular weight is 333 g/mol. The molecule has 2 heterocycles. The predicted molar refractivity (Wildman–Crippen MR) is 82.2 cm³/mol. The zero-order valence-electron chi connectivity index (χ0n) is 9.81. The Labute approximate surface area is 127 Å². The van der Waals surface area contributed by atoms with Gasteiger partial charge < -0.3 is 5.32 Å². The standard InChI is InChI=1S/C11H9ClN2O2S3/c1-6(15)17-5-10(16)14-11-13-7(4-18-11)8-2-3-9(12)19-8/h2-4H,5H2,1H3,(H,13,14,16). The van der Waals surface area contributed by atoms with Crippen LogP contribution >= 0.6 is 46.0 Å². The third-order valence-corrected chi connectivity index (χ3v) is 4.81. The summed E-state index contributed by atoms with van der Waals surface area (Å²) >= 11 is 9.62. The van der Waals surface area contributed by atoms with Gasteiger partial charge in [0.15, 0.2) is 10.2 Å². The minimum Gasteiger partial charge on any atom is -0.301 e. The Morgan fingerprint density at radius 1 is 1.47 bits per heavy atom. The third-order valence-electron chi connectivity index (χ3n) is 1.98. The van der Waals surface area contributed by atoms with Crippen molar-refractivity contribution in [2.24, 2.45) is 0 Å². The topological polar surface area (TPSA) is 59.1 Å². The predicted octanol–water partition coefficient (Wildman–Crippen LogP) is 3.74. The smallest absolute Gasteiger partial charge is 0.236 e. The van der Waals surface area contributed by atoms with Gasteiger partial charge in [0.05, 0.1) is 20.7 Å². The fourth-order valence-electron chi connectivity index (χ4n) is 1.22. The number of rotatable bonds is 4. The van der Waals surface area contributed by atoms with E-state index in [0.29, 0.717) is 9.47 Å². The van der Waals surface area contributed by atoms with Gasteiger partial charge in [-0.25, -0.2) is 4.98 Å². The van der Waals surface area contributed by atoms with Crippen molar-refractivity contribution in [3.63, 3.8) is 0 Å². The molecular weight excluding hydrogens is 324 g/mol. The summed E-state index contributed by atoms with van der Waals surface area (Å²) in [4.78, 5) is 27.5. The van der Waals surface area contributed by atoms with Crippen LogP contribution in [0.1, 0.15) is 6.92 Å². The molecule has 0 radical (unpaired) electrons. The lowest BCUT2D eigenvalue weighted by Gasteiger charge is -1.98. The highest BCUT2D eigenvalue weighted by Gasteiger charge is 2.10. The first-order valence-electron chi connectivity index (χ1n) is 5.19. The van der Waals surface area contributed by atoms with E-state index in [9.17, 15) is 9.59 Å². The molecule has 0 saturated heterocycles. The Hall–Kier alpha value is -0.890. The van der Waals surface area contributed by atoms with Crippen molar-refractivity contribution in [3.05, 3.63) is 21.8 Å². The van der Waals surface area contributed by atoms with Gasteiger partial charge in [-0.15, -0.1) is 22.7 Å². The number of thiazole rings is 1. The number of carbonyl (C=O) groups excluding carboxylic acids is 2. The van der Waals surface area contributed by atoms with Gasteiger partial charge in [-0.1, -0.05) is 23.4 Å². The Balaban J connectivity index is 1.97. The fourth-order valence-corrected chi connectivity index (χ4v) is 3.43. The van der Waals surface area contributed by atoms with Crippen molar-refractivity contribution in [2.75, 3.05) is 11.1 Å². The van der Waals surface area contributed by atoms with E-state index < -0.39 is 0 Å².